The largest absolute Gasteiger partial charge is 0.383 e. The highest BCUT2D eigenvalue weighted by molar-refractivity contribution is 14.0. The number of methoxy groups -OCH3 is 1. The Labute approximate surface area is 200 Å². The minimum atomic E-state index is 0. The molecule has 0 spiro atoms. The van der Waals surface area contributed by atoms with Crippen molar-refractivity contribution in [3.05, 3.63) is 40.4 Å². The second-order valence-electron chi connectivity index (χ2n) is 7.19. The molecule has 0 saturated carbocycles. The summed E-state index contributed by atoms with van der Waals surface area (Å²) in [5.41, 5.74) is 2.45. The molecule has 1 aliphatic rings. The Morgan fingerprint density at radius 2 is 1.93 bits per heavy atom. The van der Waals surface area contributed by atoms with Crippen molar-refractivity contribution in [3.8, 4) is 0 Å². The van der Waals surface area contributed by atoms with Crippen molar-refractivity contribution in [2.45, 2.75) is 20.4 Å². The predicted octanol–water partition coefficient (Wildman–Crippen LogP) is 2.62. The van der Waals surface area contributed by atoms with E-state index >= 15 is 0 Å². The molecule has 1 N–H and O–H groups in total. The molecule has 30 heavy (non-hydrogen) atoms. The number of benzene rings is 1. The average molecular weight is 548 g/mol. The van der Waals surface area contributed by atoms with Crippen LogP contribution in [0.1, 0.15) is 17.2 Å². The van der Waals surface area contributed by atoms with Gasteiger partial charge in [0.1, 0.15) is 12.4 Å². The number of halogens is 2. The van der Waals surface area contributed by atoms with E-state index in [0.717, 1.165) is 48.8 Å². The van der Waals surface area contributed by atoms with Crippen molar-refractivity contribution in [3.63, 3.8) is 0 Å². The van der Waals surface area contributed by atoms with Crippen LogP contribution in [0.2, 0.25) is 5.02 Å². The number of nitrogens with one attached hydrogen (secondary N) is 1. The molecular formula is C20H31ClIN7O. The zero-order valence-corrected chi connectivity index (χ0v) is 21.1. The molecule has 0 radical (unpaired) electrons. The summed E-state index contributed by atoms with van der Waals surface area (Å²) < 4.78 is 7.15. The molecule has 0 unspecified atom stereocenters. The van der Waals surface area contributed by atoms with Crippen LogP contribution in [0.15, 0.2) is 23.2 Å². The Bertz CT molecular complexity index is 850. The lowest BCUT2D eigenvalue weighted by Gasteiger charge is -2.38. The first-order valence-electron chi connectivity index (χ1n) is 9.87. The van der Waals surface area contributed by atoms with Crippen molar-refractivity contribution in [1.82, 2.24) is 25.0 Å². The van der Waals surface area contributed by atoms with Crippen molar-refractivity contribution in [2.75, 3.05) is 51.3 Å². The van der Waals surface area contributed by atoms with E-state index in [4.69, 9.17) is 21.3 Å². The smallest absolute Gasteiger partial charge is 0.194 e. The zero-order valence-electron chi connectivity index (χ0n) is 18.1. The molecule has 2 heterocycles. The average Bonchev–Trinajstić information content (AvgIpc) is 3.05. The van der Waals surface area contributed by atoms with Gasteiger partial charge in [0.2, 0.25) is 0 Å². The summed E-state index contributed by atoms with van der Waals surface area (Å²) in [6.45, 7) is 9.47. The third kappa shape index (κ3) is 6.21. The van der Waals surface area contributed by atoms with Crippen molar-refractivity contribution >= 4 is 47.2 Å². The number of hydrogen-bond acceptors (Lipinski definition) is 5. The maximum absolute atomic E-state index is 6.21. The lowest BCUT2D eigenvalue weighted by molar-refractivity contribution is 0.202. The molecule has 10 heteroatoms. The molecule has 2 aromatic rings. The van der Waals surface area contributed by atoms with E-state index in [0.29, 0.717) is 19.7 Å². The van der Waals surface area contributed by atoms with Crippen LogP contribution in [-0.4, -0.2) is 72.1 Å². The fourth-order valence-corrected chi connectivity index (χ4v) is 3.52. The van der Waals surface area contributed by atoms with Crippen LogP contribution < -0.4 is 10.2 Å². The van der Waals surface area contributed by atoms with E-state index < -0.39 is 0 Å². The van der Waals surface area contributed by atoms with E-state index in [1.807, 2.05) is 24.6 Å². The van der Waals surface area contributed by atoms with Gasteiger partial charge >= 0.3 is 0 Å². The first kappa shape index (κ1) is 24.7. The first-order chi connectivity index (χ1) is 14.0. The summed E-state index contributed by atoms with van der Waals surface area (Å²) >= 11 is 6.21. The third-order valence-electron chi connectivity index (χ3n) is 5.23. The minimum absolute atomic E-state index is 0. The highest BCUT2D eigenvalue weighted by atomic mass is 127. The Balaban J connectivity index is 0.00000320. The number of hydrogen-bond donors (Lipinski definition) is 1. The van der Waals surface area contributed by atoms with Gasteiger partial charge in [-0.05, 0) is 31.5 Å². The molecule has 0 bridgehead atoms. The van der Waals surface area contributed by atoms with Gasteiger partial charge in [-0.3, -0.25) is 0 Å². The van der Waals surface area contributed by atoms with E-state index in [9.17, 15) is 0 Å². The normalized spacial score (nSPS) is 14.6. The SMILES string of the molecule is COCCNC(=NCc1nnc(C)n1C)N1CCN(c2cc(Cl)ccc2C)CC1.I. The molecule has 0 atom stereocenters. The highest BCUT2D eigenvalue weighted by Crippen LogP contribution is 2.25. The van der Waals surface area contributed by atoms with Gasteiger partial charge in [0.25, 0.3) is 0 Å². The molecule has 3 rings (SSSR count). The summed E-state index contributed by atoms with van der Waals surface area (Å²) in [5.74, 6) is 2.61. The number of ether oxygens (including phenoxy) is 1. The van der Waals surface area contributed by atoms with Gasteiger partial charge in [-0.2, -0.15) is 0 Å². The topological polar surface area (TPSA) is 70.8 Å². The molecule has 166 valence electrons. The van der Waals surface area contributed by atoms with Crippen LogP contribution in [0.25, 0.3) is 0 Å². The Morgan fingerprint density at radius 3 is 2.57 bits per heavy atom. The molecule has 0 amide bonds. The molecule has 1 aromatic carbocycles. The van der Waals surface area contributed by atoms with Crippen LogP contribution in [-0.2, 0) is 18.3 Å². The Kier molecular flexibility index (Phi) is 9.63. The van der Waals surface area contributed by atoms with Crippen LogP contribution in [0.5, 0.6) is 0 Å². The quantitative estimate of drug-likeness (QED) is 0.260. The summed E-state index contributed by atoms with van der Waals surface area (Å²) in [5, 5.41) is 12.5. The van der Waals surface area contributed by atoms with Gasteiger partial charge in [-0.1, -0.05) is 17.7 Å². The summed E-state index contributed by atoms with van der Waals surface area (Å²) in [7, 11) is 3.66. The van der Waals surface area contributed by atoms with E-state index in [-0.39, 0.29) is 24.0 Å². The number of aliphatic imine (C=N–C) groups is 1. The first-order valence-corrected chi connectivity index (χ1v) is 10.3. The molecular weight excluding hydrogens is 517 g/mol. The van der Waals surface area contributed by atoms with Crippen LogP contribution in [0, 0.1) is 13.8 Å². The Hall–Kier alpha value is -1.59. The van der Waals surface area contributed by atoms with Gasteiger partial charge in [0, 0.05) is 57.6 Å². The number of rotatable bonds is 6. The maximum atomic E-state index is 6.21. The lowest BCUT2D eigenvalue weighted by atomic mass is 10.1. The van der Waals surface area contributed by atoms with Crippen LogP contribution in [0.3, 0.4) is 0 Å². The number of nitrogens with zero attached hydrogens (tertiary/aromatic N) is 6. The molecule has 1 saturated heterocycles. The monoisotopic (exact) mass is 547 g/mol. The highest BCUT2D eigenvalue weighted by Gasteiger charge is 2.21. The number of aromatic nitrogens is 3. The standard InChI is InChI=1S/C20H30ClN7O.HI/c1-15-5-6-17(21)13-18(15)27-8-10-28(11-9-27)20(22-7-12-29-4)23-14-19-25-24-16(2)26(19)3;/h5-6,13H,7-12,14H2,1-4H3,(H,22,23);1H. The third-order valence-corrected chi connectivity index (χ3v) is 5.47. The van der Waals surface area contributed by atoms with Crippen LogP contribution >= 0.6 is 35.6 Å². The number of guanidine groups is 1. The van der Waals surface area contributed by atoms with E-state index in [1.165, 1.54) is 11.3 Å². The van der Waals surface area contributed by atoms with Gasteiger partial charge in [0.05, 0.1) is 6.61 Å². The van der Waals surface area contributed by atoms with Gasteiger partial charge in [-0.25, -0.2) is 4.99 Å². The molecule has 0 aliphatic carbocycles. The summed E-state index contributed by atoms with van der Waals surface area (Å²) in [6.07, 6.45) is 0. The number of aryl methyl sites for hydroxylation is 2. The second-order valence-corrected chi connectivity index (χ2v) is 7.62. The Morgan fingerprint density at radius 1 is 1.20 bits per heavy atom. The lowest BCUT2D eigenvalue weighted by Crippen LogP contribution is -2.53. The van der Waals surface area contributed by atoms with Gasteiger partial charge in [-0.15, -0.1) is 34.2 Å². The summed E-state index contributed by atoms with van der Waals surface area (Å²) in [4.78, 5) is 9.48. The van der Waals surface area contributed by atoms with Gasteiger partial charge < -0.3 is 24.4 Å². The van der Waals surface area contributed by atoms with Crippen LogP contribution in [0.4, 0.5) is 5.69 Å². The van der Waals surface area contributed by atoms with E-state index in [2.05, 4.69) is 44.4 Å². The van der Waals surface area contributed by atoms with Gasteiger partial charge in [0.15, 0.2) is 11.8 Å². The van der Waals surface area contributed by atoms with Crippen molar-refractivity contribution in [2.24, 2.45) is 12.0 Å². The fourth-order valence-electron chi connectivity index (χ4n) is 3.35. The van der Waals surface area contributed by atoms with Crippen molar-refractivity contribution < 1.29 is 4.74 Å². The molecule has 1 fully saturated rings. The van der Waals surface area contributed by atoms with Crippen molar-refractivity contribution in [1.29, 1.82) is 0 Å². The zero-order chi connectivity index (χ0) is 20.8. The maximum Gasteiger partial charge on any atom is 0.194 e. The number of anilines is 1. The molecule has 1 aromatic heterocycles. The molecule has 8 nitrogen and oxygen atoms in total. The predicted molar refractivity (Wildman–Crippen MR) is 132 cm³/mol. The minimum Gasteiger partial charge on any atom is -0.383 e. The summed E-state index contributed by atoms with van der Waals surface area (Å²) in [6, 6.07) is 6.07. The van der Waals surface area contributed by atoms with E-state index in [1.54, 1.807) is 7.11 Å². The molecule has 1 aliphatic heterocycles. The second kappa shape index (κ2) is 11.7. The fraction of sp³-hybridized carbons (Fsp3) is 0.550. The number of piperazine rings is 1.